The van der Waals surface area contributed by atoms with Crippen LogP contribution in [-0.2, 0) is 14.3 Å². The van der Waals surface area contributed by atoms with Crippen molar-refractivity contribution >= 4 is 11.9 Å². The number of carbonyl (C=O) groups excluding carboxylic acids is 1. The van der Waals surface area contributed by atoms with Crippen LogP contribution in [0.3, 0.4) is 0 Å². The number of carbonyl (C=O) groups is 2. The molecule has 1 aromatic carbocycles. The fraction of sp³-hybridized carbons (Fsp3) is 0.500. The van der Waals surface area contributed by atoms with E-state index in [4.69, 9.17) is 14.6 Å². The first-order valence-electron chi connectivity index (χ1n) is 7.23. The highest BCUT2D eigenvalue weighted by Gasteiger charge is 2.17. The van der Waals surface area contributed by atoms with Crippen LogP contribution in [0.5, 0.6) is 5.75 Å². The molecule has 0 spiro atoms. The number of aliphatic carboxylic acids is 1. The number of hydrogen-bond donors (Lipinski definition) is 2. The molecule has 0 aliphatic carbocycles. The fourth-order valence-electron chi connectivity index (χ4n) is 1.91. The minimum Gasteiger partial charge on any atom is -0.483 e. The van der Waals surface area contributed by atoms with Gasteiger partial charge in [0.05, 0.1) is 6.54 Å². The van der Waals surface area contributed by atoms with Crippen LogP contribution in [-0.4, -0.2) is 43.3 Å². The Kier molecular flexibility index (Phi) is 7.39. The Morgan fingerprint density at radius 1 is 1.32 bits per heavy atom. The summed E-state index contributed by atoms with van der Waals surface area (Å²) in [7, 11) is 1.28. The third-order valence-electron chi connectivity index (χ3n) is 3.47. The SMILES string of the molecule is CCC(C)c1ccccc1OCC(=O)NCC(OC)C(=O)O. The van der Waals surface area contributed by atoms with Crippen LogP contribution < -0.4 is 10.1 Å². The van der Waals surface area contributed by atoms with Crippen molar-refractivity contribution in [3.05, 3.63) is 29.8 Å². The number of benzene rings is 1. The number of carboxylic acid groups (broad SMARTS) is 1. The van der Waals surface area contributed by atoms with Gasteiger partial charge in [-0.15, -0.1) is 0 Å². The molecule has 1 aromatic rings. The first-order valence-corrected chi connectivity index (χ1v) is 7.23. The lowest BCUT2D eigenvalue weighted by Crippen LogP contribution is -2.39. The molecule has 0 aliphatic rings. The van der Waals surface area contributed by atoms with Gasteiger partial charge in [0.1, 0.15) is 5.75 Å². The summed E-state index contributed by atoms with van der Waals surface area (Å²) < 4.78 is 10.3. The summed E-state index contributed by atoms with van der Waals surface area (Å²) in [5, 5.41) is 11.3. The Hall–Kier alpha value is -2.08. The Bertz CT molecular complexity index is 503. The van der Waals surface area contributed by atoms with E-state index in [1.54, 1.807) is 0 Å². The third kappa shape index (κ3) is 5.37. The zero-order valence-corrected chi connectivity index (χ0v) is 13.2. The van der Waals surface area contributed by atoms with E-state index < -0.39 is 12.1 Å². The number of hydrogen-bond acceptors (Lipinski definition) is 4. The predicted octanol–water partition coefficient (Wildman–Crippen LogP) is 1.79. The van der Waals surface area contributed by atoms with Gasteiger partial charge < -0.3 is 19.9 Å². The highest BCUT2D eigenvalue weighted by molar-refractivity contribution is 5.79. The summed E-state index contributed by atoms with van der Waals surface area (Å²) in [4.78, 5) is 22.5. The van der Waals surface area contributed by atoms with Gasteiger partial charge >= 0.3 is 5.97 Å². The van der Waals surface area contributed by atoms with E-state index in [2.05, 4.69) is 19.2 Å². The van der Waals surface area contributed by atoms with Crippen molar-refractivity contribution in [2.45, 2.75) is 32.3 Å². The molecule has 0 aromatic heterocycles. The molecule has 6 nitrogen and oxygen atoms in total. The zero-order valence-electron chi connectivity index (χ0n) is 13.2. The van der Waals surface area contributed by atoms with Gasteiger partial charge in [0.2, 0.25) is 0 Å². The maximum atomic E-state index is 11.7. The number of para-hydroxylation sites is 1. The molecule has 0 saturated carbocycles. The van der Waals surface area contributed by atoms with Gasteiger partial charge in [0.15, 0.2) is 12.7 Å². The minimum absolute atomic E-state index is 0.0962. The first kappa shape index (κ1) is 18.0. The highest BCUT2D eigenvalue weighted by atomic mass is 16.5. The second-order valence-electron chi connectivity index (χ2n) is 5.00. The van der Waals surface area contributed by atoms with Gasteiger partial charge in [-0.25, -0.2) is 4.79 Å². The van der Waals surface area contributed by atoms with Crippen LogP contribution in [0.4, 0.5) is 0 Å². The van der Waals surface area contributed by atoms with Crippen LogP contribution in [0.1, 0.15) is 31.7 Å². The average molecular weight is 309 g/mol. The second kappa shape index (κ2) is 9.04. The number of amides is 1. The second-order valence-corrected chi connectivity index (χ2v) is 5.00. The molecule has 0 saturated heterocycles. The van der Waals surface area contributed by atoms with Crippen molar-refractivity contribution in [2.75, 3.05) is 20.3 Å². The van der Waals surface area contributed by atoms with Crippen molar-refractivity contribution in [1.82, 2.24) is 5.32 Å². The number of methoxy groups -OCH3 is 1. The van der Waals surface area contributed by atoms with Gasteiger partial charge in [-0.3, -0.25) is 4.79 Å². The Morgan fingerprint density at radius 3 is 2.59 bits per heavy atom. The van der Waals surface area contributed by atoms with E-state index >= 15 is 0 Å². The molecule has 1 rings (SSSR count). The van der Waals surface area contributed by atoms with E-state index in [0.717, 1.165) is 12.0 Å². The maximum absolute atomic E-state index is 11.7. The summed E-state index contributed by atoms with van der Waals surface area (Å²) in [6, 6.07) is 7.59. The minimum atomic E-state index is -1.12. The molecular formula is C16H23NO5. The molecule has 2 N–H and O–H groups in total. The van der Waals surface area contributed by atoms with E-state index in [1.165, 1.54) is 7.11 Å². The van der Waals surface area contributed by atoms with Gasteiger partial charge in [0, 0.05) is 7.11 Å². The molecule has 0 aliphatic heterocycles. The standard InChI is InChI=1S/C16H23NO5/c1-4-11(2)12-7-5-6-8-13(12)22-10-15(18)17-9-14(21-3)16(19)20/h5-8,11,14H,4,9-10H2,1-3H3,(H,17,18)(H,19,20). The highest BCUT2D eigenvalue weighted by Crippen LogP contribution is 2.28. The van der Waals surface area contributed by atoms with Gasteiger partial charge in [-0.05, 0) is 24.0 Å². The fourth-order valence-corrected chi connectivity index (χ4v) is 1.91. The maximum Gasteiger partial charge on any atom is 0.334 e. The van der Waals surface area contributed by atoms with Crippen molar-refractivity contribution < 1.29 is 24.2 Å². The largest absolute Gasteiger partial charge is 0.483 e. The summed E-state index contributed by atoms with van der Waals surface area (Å²) in [5.41, 5.74) is 1.05. The molecule has 0 fully saturated rings. The molecule has 2 atom stereocenters. The van der Waals surface area contributed by atoms with Gasteiger partial charge in [0.25, 0.3) is 5.91 Å². The van der Waals surface area contributed by atoms with Crippen molar-refractivity contribution in [3.63, 3.8) is 0 Å². The quantitative estimate of drug-likeness (QED) is 0.726. The molecule has 6 heteroatoms. The monoisotopic (exact) mass is 309 g/mol. The Morgan fingerprint density at radius 2 is 2.00 bits per heavy atom. The van der Waals surface area contributed by atoms with Crippen LogP contribution in [0.15, 0.2) is 24.3 Å². The normalized spacial score (nSPS) is 13.2. The van der Waals surface area contributed by atoms with Crippen LogP contribution in [0.25, 0.3) is 0 Å². The first-order chi connectivity index (χ1) is 10.5. The van der Waals surface area contributed by atoms with E-state index in [9.17, 15) is 9.59 Å². The summed E-state index contributed by atoms with van der Waals surface area (Å²) in [6.07, 6.45) is -0.0860. The van der Waals surface area contributed by atoms with E-state index in [1.807, 2.05) is 24.3 Å². The molecule has 0 radical (unpaired) electrons. The predicted molar refractivity (Wildman–Crippen MR) is 82.1 cm³/mol. The molecule has 0 heterocycles. The Balaban J connectivity index is 2.53. The molecule has 1 amide bonds. The van der Waals surface area contributed by atoms with Crippen LogP contribution in [0, 0.1) is 0 Å². The van der Waals surface area contributed by atoms with Crippen molar-refractivity contribution in [3.8, 4) is 5.75 Å². The van der Waals surface area contributed by atoms with E-state index in [0.29, 0.717) is 11.7 Å². The summed E-state index contributed by atoms with van der Waals surface area (Å²) in [5.74, 6) is -0.495. The van der Waals surface area contributed by atoms with Gasteiger partial charge in [-0.1, -0.05) is 32.0 Å². The number of nitrogens with one attached hydrogen (secondary N) is 1. The smallest absolute Gasteiger partial charge is 0.334 e. The Labute approximate surface area is 130 Å². The van der Waals surface area contributed by atoms with Crippen molar-refractivity contribution in [2.24, 2.45) is 0 Å². The number of carboxylic acids is 1. The molecule has 0 bridgehead atoms. The number of rotatable bonds is 9. The zero-order chi connectivity index (χ0) is 16.5. The average Bonchev–Trinajstić information content (AvgIpc) is 2.52. The molecule has 22 heavy (non-hydrogen) atoms. The summed E-state index contributed by atoms with van der Waals surface area (Å²) in [6.45, 7) is 3.92. The summed E-state index contributed by atoms with van der Waals surface area (Å²) >= 11 is 0. The van der Waals surface area contributed by atoms with Crippen LogP contribution >= 0.6 is 0 Å². The van der Waals surface area contributed by atoms with Crippen molar-refractivity contribution in [1.29, 1.82) is 0 Å². The van der Waals surface area contributed by atoms with Crippen LogP contribution in [0.2, 0.25) is 0 Å². The third-order valence-corrected chi connectivity index (χ3v) is 3.47. The lowest BCUT2D eigenvalue weighted by Gasteiger charge is -2.16. The lowest BCUT2D eigenvalue weighted by molar-refractivity contribution is -0.148. The number of ether oxygens (including phenoxy) is 2. The molecular weight excluding hydrogens is 286 g/mol. The van der Waals surface area contributed by atoms with E-state index in [-0.39, 0.29) is 19.1 Å². The molecule has 2 unspecified atom stereocenters. The lowest BCUT2D eigenvalue weighted by atomic mass is 9.98. The van der Waals surface area contributed by atoms with Gasteiger partial charge in [-0.2, -0.15) is 0 Å². The topological polar surface area (TPSA) is 84.9 Å². The molecule has 122 valence electrons.